The van der Waals surface area contributed by atoms with Crippen LogP contribution in [0.15, 0.2) is 36.4 Å². The molecule has 0 radical (unpaired) electrons. The summed E-state index contributed by atoms with van der Waals surface area (Å²) in [7, 11) is 0. The Morgan fingerprint density at radius 2 is 1.95 bits per heavy atom. The van der Waals surface area contributed by atoms with E-state index in [1.807, 2.05) is 0 Å². The van der Waals surface area contributed by atoms with Crippen LogP contribution in [0.25, 0.3) is 17.1 Å². The van der Waals surface area contributed by atoms with E-state index < -0.39 is 11.6 Å². The number of rotatable bonds is 2. The largest absolute Gasteiger partial charge is 0.398 e. The van der Waals surface area contributed by atoms with Crippen LogP contribution in [-0.4, -0.2) is 20.2 Å². The first-order chi connectivity index (χ1) is 10.1. The smallest absolute Gasteiger partial charge is 0.189 e. The van der Waals surface area contributed by atoms with Crippen LogP contribution in [0.5, 0.6) is 0 Å². The monoisotopic (exact) mass is 307 g/mol. The van der Waals surface area contributed by atoms with Crippen molar-refractivity contribution >= 4 is 17.3 Å². The summed E-state index contributed by atoms with van der Waals surface area (Å²) in [6.45, 7) is 0. The number of nitrogens with zero attached hydrogens (tertiary/aromatic N) is 4. The van der Waals surface area contributed by atoms with Gasteiger partial charge in [0.05, 0.1) is 5.02 Å². The van der Waals surface area contributed by atoms with E-state index in [0.29, 0.717) is 0 Å². The molecule has 0 aliphatic carbocycles. The second kappa shape index (κ2) is 5.10. The number of para-hydroxylation sites is 1. The zero-order chi connectivity index (χ0) is 15.0. The fraction of sp³-hybridized carbons (Fsp3) is 0. The predicted molar refractivity (Wildman–Crippen MR) is 73.9 cm³/mol. The first kappa shape index (κ1) is 13.4. The Morgan fingerprint density at radius 1 is 1.14 bits per heavy atom. The number of halogens is 3. The Kier molecular flexibility index (Phi) is 3.26. The van der Waals surface area contributed by atoms with Gasteiger partial charge in [-0.25, -0.2) is 8.78 Å². The summed E-state index contributed by atoms with van der Waals surface area (Å²) in [4.78, 5) is 0. The molecule has 0 saturated carbocycles. The molecule has 1 heterocycles. The van der Waals surface area contributed by atoms with Crippen molar-refractivity contribution in [2.45, 2.75) is 0 Å². The van der Waals surface area contributed by atoms with Crippen molar-refractivity contribution in [3.63, 3.8) is 0 Å². The van der Waals surface area contributed by atoms with Crippen molar-refractivity contribution in [2.75, 3.05) is 5.73 Å². The van der Waals surface area contributed by atoms with Crippen molar-refractivity contribution in [1.29, 1.82) is 0 Å². The molecule has 3 rings (SSSR count). The van der Waals surface area contributed by atoms with Crippen LogP contribution >= 0.6 is 11.6 Å². The minimum absolute atomic E-state index is 0.0252. The zero-order valence-corrected chi connectivity index (χ0v) is 11.2. The highest BCUT2D eigenvalue weighted by atomic mass is 35.5. The van der Waals surface area contributed by atoms with E-state index in [9.17, 15) is 8.78 Å². The van der Waals surface area contributed by atoms with Gasteiger partial charge in [-0.2, -0.15) is 4.68 Å². The molecule has 2 aromatic carbocycles. The summed E-state index contributed by atoms with van der Waals surface area (Å²) in [5.74, 6) is -1.02. The van der Waals surface area contributed by atoms with Gasteiger partial charge in [-0.15, -0.1) is 5.10 Å². The van der Waals surface area contributed by atoms with Crippen LogP contribution < -0.4 is 5.73 Å². The highest BCUT2D eigenvalue weighted by Crippen LogP contribution is 2.29. The molecule has 0 aliphatic rings. The van der Waals surface area contributed by atoms with Crippen molar-refractivity contribution in [2.24, 2.45) is 0 Å². The molecule has 0 fully saturated rings. The predicted octanol–water partition coefficient (Wildman–Crippen LogP) is 2.84. The Bertz CT molecular complexity index is 798. The normalized spacial score (nSPS) is 10.8. The van der Waals surface area contributed by atoms with Crippen LogP contribution in [0, 0.1) is 11.6 Å². The SMILES string of the molecule is Nc1ccc(F)cc1-c1nnnn1-c1c(F)cccc1Cl. The highest BCUT2D eigenvalue weighted by Gasteiger charge is 2.19. The zero-order valence-electron chi connectivity index (χ0n) is 10.5. The van der Waals surface area contributed by atoms with Gasteiger partial charge in [0.1, 0.15) is 11.5 Å². The molecule has 5 nitrogen and oxygen atoms in total. The number of nitrogen functional groups attached to an aromatic ring is 1. The topological polar surface area (TPSA) is 69.6 Å². The van der Waals surface area contributed by atoms with E-state index >= 15 is 0 Å². The number of hydrogen-bond acceptors (Lipinski definition) is 4. The quantitative estimate of drug-likeness (QED) is 0.739. The minimum Gasteiger partial charge on any atom is -0.398 e. The van der Waals surface area contributed by atoms with Gasteiger partial charge in [-0.1, -0.05) is 17.7 Å². The summed E-state index contributed by atoms with van der Waals surface area (Å²) >= 11 is 5.99. The van der Waals surface area contributed by atoms with E-state index in [1.54, 1.807) is 0 Å². The fourth-order valence-corrected chi connectivity index (χ4v) is 2.16. The number of anilines is 1. The van der Waals surface area contributed by atoms with E-state index in [-0.39, 0.29) is 27.8 Å². The Labute approximate surface area is 123 Å². The third kappa shape index (κ3) is 2.31. The van der Waals surface area contributed by atoms with E-state index in [0.717, 1.165) is 4.68 Å². The average molecular weight is 308 g/mol. The number of nitrogens with two attached hydrogens (primary N) is 1. The van der Waals surface area contributed by atoms with Gasteiger partial charge in [-0.05, 0) is 40.8 Å². The van der Waals surface area contributed by atoms with Crippen LogP contribution in [0.3, 0.4) is 0 Å². The minimum atomic E-state index is -0.606. The first-order valence-corrected chi connectivity index (χ1v) is 6.24. The molecule has 0 aliphatic heterocycles. The van der Waals surface area contributed by atoms with Crippen molar-refractivity contribution in [3.05, 3.63) is 53.1 Å². The van der Waals surface area contributed by atoms with Crippen LogP contribution in [0.2, 0.25) is 5.02 Å². The standard InChI is InChI=1S/C13H8ClF2N5/c14-9-2-1-3-10(16)12(9)21-13(18-19-20-21)8-6-7(15)4-5-11(8)17/h1-6H,17H2. The molecule has 0 spiro atoms. The molecule has 3 aromatic rings. The van der Waals surface area contributed by atoms with Crippen LogP contribution in [0.1, 0.15) is 0 Å². The molecule has 0 saturated heterocycles. The molecule has 21 heavy (non-hydrogen) atoms. The summed E-state index contributed by atoms with van der Waals surface area (Å²) < 4.78 is 28.5. The molecule has 0 bridgehead atoms. The summed E-state index contributed by atoms with van der Waals surface area (Å²) in [5.41, 5.74) is 6.29. The number of hydrogen-bond donors (Lipinski definition) is 1. The fourth-order valence-electron chi connectivity index (χ4n) is 1.92. The highest BCUT2D eigenvalue weighted by molar-refractivity contribution is 6.32. The van der Waals surface area contributed by atoms with Crippen LogP contribution in [-0.2, 0) is 0 Å². The Balaban J connectivity index is 2.25. The average Bonchev–Trinajstić information content (AvgIpc) is 2.90. The van der Waals surface area contributed by atoms with E-state index in [2.05, 4.69) is 15.5 Å². The van der Waals surface area contributed by atoms with Gasteiger partial charge in [0.15, 0.2) is 11.6 Å². The van der Waals surface area contributed by atoms with Crippen molar-refractivity contribution in [3.8, 4) is 17.1 Å². The second-order valence-electron chi connectivity index (χ2n) is 4.22. The maximum Gasteiger partial charge on any atom is 0.189 e. The molecule has 106 valence electrons. The Morgan fingerprint density at radius 3 is 2.71 bits per heavy atom. The van der Waals surface area contributed by atoms with Crippen molar-refractivity contribution < 1.29 is 8.78 Å². The first-order valence-electron chi connectivity index (χ1n) is 5.86. The molecule has 0 amide bonds. The van der Waals surface area contributed by atoms with Gasteiger partial charge in [0.25, 0.3) is 0 Å². The second-order valence-corrected chi connectivity index (χ2v) is 4.62. The lowest BCUT2D eigenvalue weighted by Gasteiger charge is -2.09. The lowest BCUT2D eigenvalue weighted by Crippen LogP contribution is -2.05. The Hall–Kier alpha value is -2.54. The number of tetrazole rings is 1. The summed E-state index contributed by atoms with van der Waals surface area (Å²) in [5, 5.41) is 11.1. The van der Waals surface area contributed by atoms with Crippen molar-refractivity contribution in [1.82, 2.24) is 20.2 Å². The van der Waals surface area contributed by atoms with Gasteiger partial charge < -0.3 is 5.73 Å². The molecular formula is C13H8ClF2N5. The molecular weight excluding hydrogens is 300 g/mol. The summed E-state index contributed by atoms with van der Waals surface area (Å²) in [6, 6.07) is 7.95. The molecule has 0 unspecified atom stereocenters. The third-order valence-electron chi connectivity index (χ3n) is 2.88. The van der Waals surface area contributed by atoms with Gasteiger partial charge in [0.2, 0.25) is 0 Å². The van der Waals surface area contributed by atoms with Crippen LogP contribution in [0.4, 0.5) is 14.5 Å². The lowest BCUT2D eigenvalue weighted by atomic mass is 10.1. The van der Waals surface area contributed by atoms with Gasteiger partial charge in [-0.3, -0.25) is 0 Å². The molecule has 2 N–H and O–H groups in total. The summed E-state index contributed by atoms with van der Waals surface area (Å²) in [6.07, 6.45) is 0. The number of aromatic nitrogens is 4. The third-order valence-corrected chi connectivity index (χ3v) is 3.18. The van der Waals surface area contributed by atoms with Gasteiger partial charge >= 0.3 is 0 Å². The van der Waals surface area contributed by atoms with E-state index in [4.69, 9.17) is 17.3 Å². The maximum absolute atomic E-state index is 14.0. The number of benzene rings is 2. The van der Waals surface area contributed by atoms with Gasteiger partial charge in [0, 0.05) is 11.3 Å². The molecule has 1 aromatic heterocycles. The lowest BCUT2D eigenvalue weighted by molar-refractivity contribution is 0.608. The van der Waals surface area contributed by atoms with E-state index in [1.165, 1.54) is 36.4 Å². The maximum atomic E-state index is 14.0. The molecule has 8 heteroatoms. The molecule has 0 atom stereocenters.